The van der Waals surface area contributed by atoms with E-state index in [9.17, 15) is 9.59 Å². The molecule has 4 nitrogen and oxygen atoms in total. The molecule has 134 valence electrons. The number of hydrogen-bond donors (Lipinski definition) is 1. The number of esters is 1. The summed E-state index contributed by atoms with van der Waals surface area (Å²) < 4.78 is 4.99. The van der Waals surface area contributed by atoms with Crippen LogP contribution < -0.4 is 0 Å². The van der Waals surface area contributed by atoms with Crippen molar-refractivity contribution in [2.45, 2.75) is 83.5 Å². The second-order valence-corrected chi connectivity index (χ2v) is 13.4. The molecule has 0 bridgehead atoms. The fraction of sp³-hybridized carbons (Fsp3) is 0.778. The molecule has 23 heavy (non-hydrogen) atoms. The van der Waals surface area contributed by atoms with E-state index in [-0.39, 0.29) is 0 Å². The van der Waals surface area contributed by atoms with Crippen LogP contribution >= 0.6 is 0 Å². The zero-order chi connectivity index (χ0) is 18.0. The molecule has 0 aliphatic rings. The lowest BCUT2D eigenvalue weighted by atomic mass is 10.3. The Morgan fingerprint density at radius 3 is 1.87 bits per heavy atom. The van der Waals surface area contributed by atoms with Crippen molar-refractivity contribution >= 4 is 20.0 Å². The molecule has 1 N–H and O–H groups in total. The summed E-state index contributed by atoms with van der Waals surface area (Å²) in [6.45, 7) is 14.6. The van der Waals surface area contributed by atoms with Gasteiger partial charge < -0.3 is 9.84 Å². The van der Waals surface area contributed by atoms with Crippen molar-refractivity contribution in [3.63, 3.8) is 0 Å². The Labute approximate surface area is 142 Å². The Morgan fingerprint density at radius 2 is 1.43 bits per heavy atom. The highest BCUT2D eigenvalue weighted by Crippen LogP contribution is 2.45. The summed E-state index contributed by atoms with van der Waals surface area (Å²) in [5, 5.41) is 8.42. The van der Waals surface area contributed by atoms with E-state index in [2.05, 4.69) is 41.5 Å². The molecule has 0 aromatic rings. The lowest BCUT2D eigenvalue weighted by Crippen LogP contribution is -2.44. The van der Waals surface area contributed by atoms with Gasteiger partial charge in [0.15, 0.2) is 0 Å². The Morgan fingerprint density at radius 1 is 0.913 bits per heavy atom. The molecule has 0 unspecified atom stereocenters. The minimum Gasteiger partial charge on any atom is -0.478 e. The smallest absolute Gasteiger partial charge is 0.331 e. The number of ether oxygens (including phenoxy) is 1. The highest BCUT2D eigenvalue weighted by Gasteiger charge is 2.41. The summed E-state index contributed by atoms with van der Waals surface area (Å²) in [5.41, 5.74) is 2.34. The van der Waals surface area contributed by atoms with Crippen LogP contribution in [-0.2, 0) is 14.3 Å². The number of carboxylic acids is 1. The van der Waals surface area contributed by atoms with Gasteiger partial charge in [-0.05, 0) is 6.42 Å². The second-order valence-electron chi connectivity index (χ2n) is 7.23. The summed E-state index contributed by atoms with van der Waals surface area (Å²) in [7, 11) is -1.32. The van der Waals surface area contributed by atoms with Gasteiger partial charge in [0.05, 0.1) is 14.7 Å². The maximum absolute atomic E-state index is 11.2. The molecular formula is C18H34O4Si. The summed E-state index contributed by atoms with van der Waals surface area (Å²) in [6.07, 6.45) is 4.83. The van der Waals surface area contributed by atoms with Gasteiger partial charge in [-0.2, -0.15) is 0 Å². The van der Waals surface area contributed by atoms with E-state index in [1.807, 2.05) is 0 Å². The van der Waals surface area contributed by atoms with E-state index in [0.29, 0.717) is 6.61 Å². The minimum atomic E-state index is -1.32. The molecule has 0 aliphatic carbocycles. The average Bonchev–Trinajstić information content (AvgIpc) is 2.43. The Balaban J connectivity index is 4.19. The molecule has 0 heterocycles. The maximum atomic E-state index is 11.2. The molecule has 0 fully saturated rings. The van der Waals surface area contributed by atoms with Gasteiger partial charge in [0, 0.05) is 12.2 Å². The molecule has 0 aromatic carbocycles. The summed E-state index contributed by atoms with van der Waals surface area (Å²) in [6, 6.07) is 1.33. The number of carbonyl (C=O) groups excluding carboxylic acids is 1. The van der Waals surface area contributed by atoms with Crippen molar-refractivity contribution in [2.24, 2.45) is 0 Å². The first-order chi connectivity index (χ1) is 10.6. The normalized spacial score (nSPS) is 12.6. The van der Waals surface area contributed by atoms with E-state index in [1.165, 1.54) is 12.5 Å². The predicted octanol–water partition coefficient (Wildman–Crippen LogP) is 5.02. The van der Waals surface area contributed by atoms with Gasteiger partial charge in [0.25, 0.3) is 0 Å². The minimum absolute atomic E-state index is 0.363. The fourth-order valence-corrected chi connectivity index (χ4v) is 10.5. The number of hydrogen-bond acceptors (Lipinski definition) is 3. The van der Waals surface area contributed by atoms with E-state index in [4.69, 9.17) is 9.84 Å². The van der Waals surface area contributed by atoms with Crippen LogP contribution in [0.25, 0.3) is 0 Å². The van der Waals surface area contributed by atoms with Gasteiger partial charge in [0.2, 0.25) is 0 Å². The SMILES string of the molecule is CC(C)[Si](CCCCCOC(=O)/C=C\C(=O)O)(C(C)C)C(C)C. The second kappa shape index (κ2) is 10.6. The van der Waals surface area contributed by atoms with E-state index >= 15 is 0 Å². The number of aliphatic carboxylic acids is 1. The van der Waals surface area contributed by atoms with Crippen molar-refractivity contribution in [3.8, 4) is 0 Å². The van der Waals surface area contributed by atoms with Crippen molar-refractivity contribution in [1.82, 2.24) is 0 Å². The summed E-state index contributed by atoms with van der Waals surface area (Å²) in [4.78, 5) is 21.5. The highest BCUT2D eigenvalue weighted by atomic mass is 28.3. The third kappa shape index (κ3) is 7.33. The van der Waals surface area contributed by atoms with Crippen molar-refractivity contribution in [1.29, 1.82) is 0 Å². The van der Waals surface area contributed by atoms with Crippen LogP contribution in [0.2, 0.25) is 22.7 Å². The van der Waals surface area contributed by atoms with E-state index < -0.39 is 20.0 Å². The molecule has 0 aromatic heterocycles. The molecule has 0 amide bonds. The predicted molar refractivity (Wildman–Crippen MR) is 97.4 cm³/mol. The Bertz CT molecular complexity index is 378. The number of rotatable bonds is 11. The summed E-state index contributed by atoms with van der Waals surface area (Å²) in [5.74, 6) is -1.72. The third-order valence-electron chi connectivity index (χ3n) is 5.09. The lowest BCUT2D eigenvalue weighted by molar-refractivity contribution is -0.138. The number of unbranched alkanes of at least 4 members (excludes halogenated alkanes) is 2. The van der Waals surface area contributed by atoms with Gasteiger partial charge in [-0.25, -0.2) is 9.59 Å². The molecule has 0 radical (unpaired) electrons. The molecular weight excluding hydrogens is 308 g/mol. The molecule has 0 atom stereocenters. The monoisotopic (exact) mass is 342 g/mol. The van der Waals surface area contributed by atoms with Crippen molar-refractivity contribution in [3.05, 3.63) is 12.2 Å². The first kappa shape index (κ1) is 21.9. The fourth-order valence-electron chi connectivity index (χ4n) is 3.94. The zero-order valence-electron chi connectivity index (χ0n) is 15.6. The number of carboxylic acid groups (broad SMARTS) is 1. The highest BCUT2D eigenvalue weighted by molar-refractivity contribution is 6.83. The van der Waals surface area contributed by atoms with Crippen molar-refractivity contribution in [2.75, 3.05) is 6.61 Å². The molecule has 0 rings (SSSR count). The average molecular weight is 343 g/mol. The third-order valence-corrected chi connectivity index (χ3v) is 12.8. The molecule has 0 saturated heterocycles. The van der Waals surface area contributed by atoms with Gasteiger partial charge in [-0.1, -0.05) is 77.1 Å². The van der Waals surface area contributed by atoms with E-state index in [1.54, 1.807) is 0 Å². The Hall–Kier alpha value is -1.10. The van der Waals surface area contributed by atoms with Crippen LogP contribution in [0.1, 0.15) is 60.8 Å². The first-order valence-corrected chi connectivity index (χ1v) is 11.2. The number of carbonyl (C=O) groups is 2. The standard InChI is InChI=1S/C18H34O4Si/c1-14(2)23(15(3)4,16(5)6)13-9-7-8-12-22-18(21)11-10-17(19)20/h10-11,14-16H,7-9,12-13H2,1-6H3,(H,19,20)/b11-10-. The summed E-state index contributed by atoms with van der Waals surface area (Å²) >= 11 is 0. The van der Waals surface area contributed by atoms with Gasteiger partial charge >= 0.3 is 11.9 Å². The van der Waals surface area contributed by atoms with Crippen LogP contribution in [0.4, 0.5) is 0 Å². The molecule has 0 aliphatic heterocycles. The van der Waals surface area contributed by atoms with Gasteiger partial charge in [0.1, 0.15) is 0 Å². The van der Waals surface area contributed by atoms with Crippen LogP contribution in [-0.4, -0.2) is 31.7 Å². The molecule has 5 heteroatoms. The van der Waals surface area contributed by atoms with Crippen LogP contribution in [0.5, 0.6) is 0 Å². The Kier molecular flexibility index (Phi) is 10.1. The zero-order valence-corrected chi connectivity index (χ0v) is 16.6. The topological polar surface area (TPSA) is 63.6 Å². The maximum Gasteiger partial charge on any atom is 0.331 e. The van der Waals surface area contributed by atoms with Crippen LogP contribution in [0.15, 0.2) is 12.2 Å². The van der Waals surface area contributed by atoms with Gasteiger partial charge in [-0.15, -0.1) is 0 Å². The lowest BCUT2D eigenvalue weighted by Gasteiger charge is -2.43. The van der Waals surface area contributed by atoms with E-state index in [0.717, 1.165) is 41.6 Å². The molecule has 0 spiro atoms. The quantitative estimate of drug-likeness (QED) is 0.248. The van der Waals surface area contributed by atoms with Gasteiger partial charge in [-0.3, -0.25) is 0 Å². The molecule has 0 saturated carbocycles. The van der Waals surface area contributed by atoms with Crippen molar-refractivity contribution < 1.29 is 19.4 Å². The van der Waals surface area contributed by atoms with Crippen LogP contribution in [0.3, 0.4) is 0 Å². The largest absolute Gasteiger partial charge is 0.478 e. The first-order valence-electron chi connectivity index (χ1n) is 8.72. The van der Waals surface area contributed by atoms with Crippen LogP contribution in [0, 0.1) is 0 Å².